The number of halogens is 2. The minimum Gasteiger partial charge on any atom is -0.492 e. The number of nitrogens with one attached hydrogen (secondary N) is 1. The number of carbonyl (C=O) groups excluding carboxylic acids is 1. The molecule has 1 aliphatic heterocycles. The Morgan fingerprint density at radius 3 is 2.64 bits per heavy atom. The summed E-state index contributed by atoms with van der Waals surface area (Å²) in [5.74, 6) is 1.56. The average Bonchev–Trinajstić information content (AvgIpc) is 2.85. The van der Waals surface area contributed by atoms with Crippen molar-refractivity contribution in [3.8, 4) is 5.75 Å². The van der Waals surface area contributed by atoms with Crippen LogP contribution in [0.25, 0.3) is 0 Å². The zero-order chi connectivity index (χ0) is 23.1. The van der Waals surface area contributed by atoms with Crippen molar-refractivity contribution >= 4 is 34.9 Å². The van der Waals surface area contributed by atoms with Gasteiger partial charge in [-0.05, 0) is 61.3 Å². The van der Waals surface area contributed by atoms with Gasteiger partial charge in [-0.15, -0.1) is 0 Å². The lowest BCUT2D eigenvalue weighted by molar-refractivity contribution is -0.120. The van der Waals surface area contributed by atoms with Crippen molar-refractivity contribution in [1.82, 2.24) is 15.3 Å². The molecule has 0 saturated carbocycles. The van der Waals surface area contributed by atoms with Gasteiger partial charge in [0.25, 0.3) is 0 Å². The summed E-state index contributed by atoms with van der Waals surface area (Å²) < 4.78 is 5.73. The number of nitrogens with zero attached hydrogens (tertiary/aromatic N) is 3. The Morgan fingerprint density at radius 1 is 1.03 bits per heavy atom. The number of amides is 1. The third kappa shape index (κ3) is 5.82. The standard InChI is InChI=1S/C25H26Cl2N4O2/c26-21-5-4-19(17-22(21)27)25(10-14-29-15-16-33-20-7-12-28-13-8-20)9-6-24(32)31(18-25)23-3-1-2-11-30-23/h1-5,7-8,11-13,17,29H,6,9-10,14-16,18H2. The van der Waals surface area contributed by atoms with Gasteiger partial charge < -0.3 is 10.1 Å². The fourth-order valence-corrected chi connectivity index (χ4v) is 4.51. The number of pyridine rings is 2. The fraction of sp³-hybridized carbons (Fsp3) is 0.320. The van der Waals surface area contributed by atoms with Gasteiger partial charge in [0.1, 0.15) is 18.2 Å². The number of benzene rings is 1. The van der Waals surface area contributed by atoms with Gasteiger partial charge in [-0.2, -0.15) is 0 Å². The van der Waals surface area contributed by atoms with Crippen LogP contribution in [0.4, 0.5) is 5.82 Å². The van der Waals surface area contributed by atoms with Gasteiger partial charge in [-0.25, -0.2) is 4.98 Å². The van der Waals surface area contributed by atoms with Crippen LogP contribution in [-0.2, 0) is 10.2 Å². The quantitative estimate of drug-likeness (QED) is 0.437. The van der Waals surface area contributed by atoms with E-state index in [-0.39, 0.29) is 11.3 Å². The van der Waals surface area contributed by atoms with Crippen LogP contribution in [0.2, 0.25) is 10.0 Å². The van der Waals surface area contributed by atoms with E-state index in [1.807, 2.05) is 48.5 Å². The second-order valence-corrected chi connectivity index (χ2v) is 8.92. The van der Waals surface area contributed by atoms with Crippen LogP contribution in [0, 0.1) is 0 Å². The first-order chi connectivity index (χ1) is 16.1. The number of hydrogen-bond donors (Lipinski definition) is 1. The first-order valence-corrected chi connectivity index (χ1v) is 11.7. The normalized spacial score (nSPS) is 18.4. The predicted octanol–water partition coefficient (Wildman–Crippen LogP) is 4.91. The van der Waals surface area contributed by atoms with Gasteiger partial charge >= 0.3 is 0 Å². The summed E-state index contributed by atoms with van der Waals surface area (Å²) in [5.41, 5.74) is 0.818. The molecule has 8 heteroatoms. The topological polar surface area (TPSA) is 67.3 Å². The minimum absolute atomic E-state index is 0.0862. The molecule has 3 heterocycles. The second-order valence-electron chi connectivity index (χ2n) is 8.11. The van der Waals surface area contributed by atoms with Crippen LogP contribution in [0.1, 0.15) is 24.8 Å². The van der Waals surface area contributed by atoms with Crippen molar-refractivity contribution in [2.24, 2.45) is 0 Å². The zero-order valence-corrected chi connectivity index (χ0v) is 19.7. The van der Waals surface area contributed by atoms with Crippen molar-refractivity contribution in [2.45, 2.75) is 24.7 Å². The highest BCUT2D eigenvalue weighted by Gasteiger charge is 2.41. The van der Waals surface area contributed by atoms with Gasteiger partial charge in [0, 0.05) is 43.5 Å². The van der Waals surface area contributed by atoms with Crippen LogP contribution >= 0.6 is 23.2 Å². The molecule has 6 nitrogen and oxygen atoms in total. The van der Waals surface area contributed by atoms with Gasteiger partial charge in [-0.1, -0.05) is 35.3 Å². The van der Waals surface area contributed by atoms with Gasteiger partial charge in [0.2, 0.25) is 5.91 Å². The highest BCUT2D eigenvalue weighted by molar-refractivity contribution is 6.42. The number of anilines is 1. The Morgan fingerprint density at radius 2 is 1.88 bits per heavy atom. The summed E-state index contributed by atoms with van der Waals surface area (Å²) in [6, 6.07) is 15.1. The summed E-state index contributed by atoms with van der Waals surface area (Å²) in [7, 11) is 0. The number of rotatable bonds is 9. The molecule has 33 heavy (non-hydrogen) atoms. The zero-order valence-electron chi connectivity index (χ0n) is 18.2. The SMILES string of the molecule is O=C1CCC(CCNCCOc2ccncc2)(c2ccc(Cl)c(Cl)c2)CN1c1ccccn1. The Bertz CT molecular complexity index is 1070. The molecule has 1 aromatic carbocycles. The lowest BCUT2D eigenvalue weighted by Gasteiger charge is -2.43. The van der Waals surface area contributed by atoms with E-state index in [1.54, 1.807) is 23.5 Å². The van der Waals surface area contributed by atoms with Gasteiger partial charge in [0.05, 0.1) is 10.0 Å². The second kappa shape index (κ2) is 11.0. The molecule has 1 aliphatic rings. The molecule has 172 valence electrons. The largest absolute Gasteiger partial charge is 0.492 e. The van der Waals surface area contributed by atoms with Crippen molar-refractivity contribution < 1.29 is 9.53 Å². The van der Waals surface area contributed by atoms with Gasteiger partial charge in [-0.3, -0.25) is 14.7 Å². The molecule has 0 aliphatic carbocycles. The lowest BCUT2D eigenvalue weighted by atomic mass is 9.71. The van der Waals surface area contributed by atoms with Crippen LogP contribution in [0.3, 0.4) is 0 Å². The van der Waals surface area contributed by atoms with Crippen molar-refractivity contribution in [2.75, 3.05) is 31.1 Å². The maximum atomic E-state index is 12.8. The molecule has 1 amide bonds. The molecule has 0 radical (unpaired) electrons. The van der Waals surface area contributed by atoms with E-state index < -0.39 is 0 Å². The highest BCUT2D eigenvalue weighted by Crippen LogP contribution is 2.40. The Labute approximate surface area is 203 Å². The van der Waals surface area contributed by atoms with E-state index in [0.29, 0.717) is 42.0 Å². The molecule has 1 atom stereocenters. The highest BCUT2D eigenvalue weighted by atomic mass is 35.5. The Balaban J connectivity index is 1.46. The summed E-state index contributed by atoms with van der Waals surface area (Å²) >= 11 is 12.6. The van der Waals surface area contributed by atoms with Crippen molar-refractivity contribution in [1.29, 1.82) is 0 Å². The predicted molar refractivity (Wildman–Crippen MR) is 131 cm³/mol. The Kier molecular flexibility index (Phi) is 7.81. The molecular weight excluding hydrogens is 459 g/mol. The summed E-state index contributed by atoms with van der Waals surface area (Å²) in [6.45, 7) is 2.57. The van der Waals surface area contributed by atoms with Gasteiger partial charge in [0.15, 0.2) is 0 Å². The summed E-state index contributed by atoms with van der Waals surface area (Å²) in [4.78, 5) is 23.0. The Hall–Kier alpha value is -2.67. The third-order valence-electron chi connectivity index (χ3n) is 6.01. The van der Waals surface area contributed by atoms with Crippen LogP contribution in [0.15, 0.2) is 67.1 Å². The number of aromatic nitrogens is 2. The number of carbonyl (C=O) groups is 1. The van der Waals surface area contributed by atoms with E-state index in [1.165, 1.54) is 0 Å². The van der Waals surface area contributed by atoms with E-state index in [9.17, 15) is 4.79 Å². The average molecular weight is 485 g/mol. The van der Waals surface area contributed by atoms with E-state index in [0.717, 1.165) is 30.7 Å². The molecule has 1 N–H and O–H groups in total. The van der Waals surface area contributed by atoms with E-state index in [4.69, 9.17) is 27.9 Å². The molecule has 0 bridgehead atoms. The monoisotopic (exact) mass is 484 g/mol. The molecule has 1 unspecified atom stereocenters. The van der Waals surface area contributed by atoms with Crippen LogP contribution in [0.5, 0.6) is 5.75 Å². The molecule has 3 aromatic rings. The molecular formula is C25H26Cl2N4O2. The van der Waals surface area contributed by atoms with Crippen LogP contribution < -0.4 is 15.0 Å². The number of hydrogen-bond acceptors (Lipinski definition) is 5. The minimum atomic E-state index is -0.265. The third-order valence-corrected chi connectivity index (χ3v) is 6.75. The van der Waals surface area contributed by atoms with E-state index >= 15 is 0 Å². The first-order valence-electron chi connectivity index (χ1n) is 11.0. The first kappa shape index (κ1) is 23.5. The fourth-order valence-electron chi connectivity index (χ4n) is 4.21. The molecule has 4 rings (SSSR count). The molecule has 1 saturated heterocycles. The lowest BCUT2D eigenvalue weighted by Crippen LogP contribution is -2.50. The number of piperidine rings is 1. The summed E-state index contributed by atoms with van der Waals surface area (Å²) in [5, 5.41) is 4.52. The smallest absolute Gasteiger partial charge is 0.228 e. The van der Waals surface area contributed by atoms with E-state index in [2.05, 4.69) is 15.3 Å². The summed E-state index contributed by atoms with van der Waals surface area (Å²) in [6.07, 6.45) is 7.15. The molecule has 1 fully saturated rings. The van der Waals surface area contributed by atoms with Crippen LogP contribution in [-0.4, -0.2) is 42.1 Å². The maximum Gasteiger partial charge on any atom is 0.228 e. The molecule has 0 spiro atoms. The van der Waals surface area contributed by atoms with Crippen molar-refractivity contribution in [3.63, 3.8) is 0 Å². The number of ether oxygens (including phenoxy) is 1. The van der Waals surface area contributed by atoms with Crippen molar-refractivity contribution in [3.05, 3.63) is 82.7 Å². The maximum absolute atomic E-state index is 12.8. The molecule has 2 aromatic heterocycles.